The van der Waals surface area contributed by atoms with Crippen molar-refractivity contribution in [2.24, 2.45) is 0 Å². The molecule has 0 unspecified atom stereocenters. The summed E-state index contributed by atoms with van der Waals surface area (Å²) in [6, 6.07) is 8.71. The Morgan fingerprint density at radius 1 is 1.30 bits per heavy atom. The number of carbonyl (C=O) groups is 2. The molecule has 156 valence electrons. The number of fused-ring (bicyclic) bond motifs is 1. The topological polar surface area (TPSA) is 83.6 Å². The van der Waals surface area contributed by atoms with E-state index in [9.17, 15) is 9.59 Å². The monoisotopic (exact) mass is 462 g/mol. The third-order valence-electron chi connectivity index (χ3n) is 4.58. The molecule has 7 nitrogen and oxygen atoms in total. The van der Waals surface area contributed by atoms with Crippen LogP contribution in [0.2, 0.25) is 5.02 Å². The van der Waals surface area contributed by atoms with E-state index in [2.05, 4.69) is 20.5 Å². The van der Waals surface area contributed by atoms with Gasteiger partial charge in [-0.2, -0.15) is 0 Å². The molecule has 3 aromatic rings. The molecule has 0 spiro atoms. The van der Waals surface area contributed by atoms with Gasteiger partial charge in [0.05, 0.1) is 29.9 Å². The highest BCUT2D eigenvalue weighted by molar-refractivity contribution is 7.16. The molecule has 1 aliphatic heterocycles. The van der Waals surface area contributed by atoms with Crippen molar-refractivity contribution in [1.82, 2.24) is 9.88 Å². The summed E-state index contributed by atoms with van der Waals surface area (Å²) in [6.45, 7) is 1.57. The minimum absolute atomic E-state index is 0.144. The standard InChI is InChI=1S/C20H19ClN4O3S2/c1-28-15-5-4-12(21)9-14(15)22-18(26)11-25-7-6-13-17(10-25)30-20(23-13)24-19(27)16-3-2-8-29-16/h2-5,8-9H,6-7,10-11H2,1H3,(H,22,26)(H,23,24,27). The zero-order valence-corrected chi connectivity index (χ0v) is 18.5. The minimum atomic E-state index is -0.150. The summed E-state index contributed by atoms with van der Waals surface area (Å²) >= 11 is 8.87. The Bertz CT molecular complexity index is 1070. The van der Waals surface area contributed by atoms with Gasteiger partial charge >= 0.3 is 0 Å². The highest BCUT2D eigenvalue weighted by Crippen LogP contribution is 2.30. The Kier molecular flexibility index (Phi) is 6.33. The number of hydrogen-bond acceptors (Lipinski definition) is 7. The van der Waals surface area contributed by atoms with Crippen LogP contribution in [0.5, 0.6) is 5.75 Å². The lowest BCUT2D eigenvalue weighted by molar-refractivity contribution is -0.117. The zero-order chi connectivity index (χ0) is 21.1. The maximum absolute atomic E-state index is 12.5. The Balaban J connectivity index is 1.36. The molecule has 2 aromatic heterocycles. The number of anilines is 2. The fourth-order valence-corrected chi connectivity index (χ4v) is 5.01. The Labute approximate surface area is 186 Å². The summed E-state index contributed by atoms with van der Waals surface area (Å²) in [5.74, 6) is 0.264. The number of rotatable bonds is 6. The number of carbonyl (C=O) groups excluding carboxylic acids is 2. The van der Waals surface area contributed by atoms with Crippen molar-refractivity contribution in [3.05, 3.63) is 56.2 Å². The summed E-state index contributed by atoms with van der Waals surface area (Å²) in [7, 11) is 1.55. The summed E-state index contributed by atoms with van der Waals surface area (Å²) in [6.07, 6.45) is 0.731. The number of thiazole rings is 1. The van der Waals surface area contributed by atoms with E-state index in [1.807, 2.05) is 11.4 Å². The van der Waals surface area contributed by atoms with Crippen LogP contribution in [-0.2, 0) is 17.8 Å². The van der Waals surface area contributed by atoms with E-state index in [0.717, 1.165) is 23.5 Å². The summed E-state index contributed by atoms with van der Waals surface area (Å²) < 4.78 is 5.27. The summed E-state index contributed by atoms with van der Waals surface area (Å²) in [5, 5.41) is 8.70. The van der Waals surface area contributed by atoms with Crippen LogP contribution in [0.3, 0.4) is 0 Å². The highest BCUT2D eigenvalue weighted by Gasteiger charge is 2.23. The number of methoxy groups -OCH3 is 1. The quantitative estimate of drug-likeness (QED) is 0.575. The number of nitrogens with one attached hydrogen (secondary N) is 2. The van der Waals surface area contributed by atoms with Gasteiger partial charge in [0.25, 0.3) is 5.91 Å². The van der Waals surface area contributed by atoms with Crippen molar-refractivity contribution in [2.45, 2.75) is 13.0 Å². The lowest BCUT2D eigenvalue weighted by atomic mass is 10.2. The fourth-order valence-electron chi connectivity index (χ4n) is 3.17. The highest BCUT2D eigenvalue weighted by atomic mass is 35.5. The number of benzene rings is 1. The largest absolute Gasteiger partial charge is 0.495 e. The number of thiophene rings is 1. The lowest BCUT2D eigenvalue weighted by Gasteiger charge is -2.25. The molecule has 2 N–H and O–H groups in total. The number of ether oxygens (including phenoxy) is 1. The SMILES string of the molecule is COc1ccc(Cl)cc1NC(=O)CN1CCc2nc(NC(=O)c3cccs3)sc2C1. The van der Waals surface area contributed by atoms with Crippen LogP contribution in [-0.4, -0.2) is 41.9 Å². The normalized spacial score (nSPS) is 13.5. The van der Waals surface area contributed by atoms with Crippen molar-refractivity contribution in [2.75, 3.05) is 30.8 Å². The number of amides is 2. The van der Waals surface area contributed by atoms with Crippen LogP contribution >= 0.6 is 34.3 Å². The van der Waals surface area contributed by atoms with Crippen LogP contribution < -0.4 is 15.4 Å². The number of nitrogens with zero attached hydrogens (tertiary/aromatic N) is 2. The van der Waals surface area contributed by atoms with Gasteiger partial charge in [0.15, 0.2) is 5.13 Å². The number of aromatic nitrogens is 1. The molecule has 0 saturated carbocycles. The third kappa shape index (κ3) is 4.81. The van der Waals surface area contributed by atoms with Gasteiger partial charge in [0, 0.05) is 29.4 Å². The molecule has 0 bridgehead atoms. The second-order valence-corrected chi connectivity index (χ2v) is 9.14. The van der Waals surface area contributed by atoms with Crippen molar-refractivity contribution in [3.8, 4) is 5.75 Å². The van der Waals surface area contributed by atoms with Crippen molar-refractivity contribution in [3.63, 3.8) is 0 Å². The second kappa shape index (κ2) is 9.13. The van der Waals surface area contributed by atoms with Crippen LogP contribution in [0.4, 0.5) is 10.8 Å². The molecule has 30 heavy (non-hydrogen) atoms. The van der Waals surface area contributed by atoms with Crippen LogP contribution in [0, 0.1) is 0 Å². The van der Waals surface area contributed by atoms with Crippen LogP contribution in [0.1, 0.15) is 20.2 Å². The molecule has 0 saturated heterocycles. The Morgan fingerprint density at radius 3 is 2.93 bits per heavy atom. The van der Waals surface area contributed by atoms with E-state index in [0.29, 0.717) is 33.0 Å². The van der Waals surface area contributed by atoms with Gasteiger partial charge in [-0.3, -0.25) is 19.8 Å². The van der Waals surface area contributed by atoms with Crippen molar-refractivity contribution < 1.29 is 14.3 Å². The average Bonchev–Trinajstić information content (AvgIpc) is 3.37. The first kappa shape index (κ1) is 20.8. The first-order valence-corrected chi connectivity index (χ1v) is 11.3. The van der Waals surface area contributed by atoms with E-state index >= 15 is 0 Å². The van der Waals surface area contributed by atoms with E-state index in [1.165, 1.54) is 22.7 Å². The van der Waals surface area contributed by atoms with Gasteiger partial charge in [0.1, 0.15) is 5.75 Å². The molecule has 1 aromatic carbocycles. The molecule has 0 fully saturated rings. The van der Waals surface area contributed by atoms with Crippen LogP contribution in [0.25, 0.3) is 0 Å². The van der Waals surface area contributed by atoms with Gasteiger partial charge in [0.2, 0.25) is 5.91 Å². The lowest BCUT2D eigenvalue weighted by Crippen LogP contribution is -2.36. The van der Waals surface area contributed by atoms with Crippen molar-refractivity contribution >= 4 is 56.9 Å². The first-order valence-electron chi connectivity index (χ1n) is 9.21. The number of hydrogen-bond donors (Lipinski definition) is 2. The predicted octanol–water partition coefficient (Wildman–Crippen LogP) is 4.12. The maximum atomic E-state index is 12.5. The molecule has 1 aliphatic rings. The molecule has 0 aliphatic carbocycles. The maximum Gasteiger partial charge on any atom is 0.267 e. The Morgan fingerprint density at radius 2 is 2.17 bits per heavy atom. The molecule has 0 atom stereocenters. The first-order chi connectivity index (χ1) is 14.5. The van der Waals surface area contributed by atoms with E-state index in [1.54, 1.807) is 31.4 Å². The van der Waals surface area contributed by atoms with E-state index in [4.69, 9.17) is 16.3 Å². The zero-order valence-electron chi connectivity index (χ0n) is 16.1. The molecule has 3 heterocycles. The van der Waals surface area contributed by atoms with Gasteiger partial charge in [-0.15, -0.1) is 22.7 Å². The summed E-state index contributed by atoms with van der Waals surface area (Å²) in [5.41, 5.74) is 1.53. The predicted molar refractivity (Wildman–Crippen MR) is 120 cm³/mol. The van der Waals surface area contributed by atoms with Gasteiger partial charge in [-0.05, 0) is 29.6 Å². The molecule has 10 heteroatoms. The average molecular weight is 463 g/mol. The molecular weight excluding hydrogens is 444 g/mol. The molecule has 4 rings (SSSR count). The second-order valence-electron chi connectivity index (χ2n) is 6.67. The minimum Gasteiger partial charge on any atom is -0.495 e. The van der Waals surface area contributed by atoms with Crippen molar-refractivity contribution in [1.29, 1.82) is 0 Å². The molecule has 0 radical (unpaired) electrons. The molecular formula is C20H19ClN4O3S2. The van der Waals surface area contributed by atoms with E-state index < -0.39 is 0 Å². The fraction of sp³-hybridized carbons (Fsp3) is 0.250. The molecule has 2 amide bonds. The van der Waals surface area contributed by atoms with Gasteiger partial charge in [-0.1, -0.05) is 17.7 Å². The van der Waals surface area contributed by atoms with E-state index in [-0.39, 0.29) is 18.4 Å². The van der Waals surface area contributed by atoms with Gasteiger partial charge < -0.3 is 10.1 Å². The van der Waals surface area contributed by atoms with Crippen LogP contribution in [0.15, 0.2) is 35.7 Å². The smallest absolute Gasteiger partial charge is 0.267 e. The summed E-state index contributed by atoms with van der Waals surface area (Å²) in [4.78, 5) is 33.1. The van der Waals surface area contributed by atoms with Gasteiger partial charge in [-0.25, -0.2) is 4.98 Å². The Hall–Kier alpha value is -2.46. The number of halogens is 1. The third-order valence-corrected chi connectivity index (χ3v) is 6.68.